The predicted molar refractivity (Wildman–Crippen MR) is 86.7 cm³/mol. The van der Waals surface area contributed by atoms with E-state index in [0.29, 0.717) is 5.92 Å². The van der Waals surface area contributed by atoms with Gasteiger partial charge >= 0.3 is 0 Å². The van der Waals surface area contributed by atoms with Gasteiger partial charge in [-0.2, -0.15) is 0 Å². The molecule has 0 aromatic heterocycles. The van der Waals surface area contributed by atoms with Crippen LogP contribution >= 0.6 is 11.8 Å². The number of aliphatic hydroxyl groups is 1. The van der Waals surface area contributed by atoms with Gasteiger partial charge in [-0.3, -0.25) is 0 Å². The van der Waals surface area contributed by atoms with Crippen molar-refractivity contribution in [3.63, 3.8) is 0 Å². The van der Waals surface area contributed by atoms with Crippen LogP contribution in [0.3, 0.4) is 0 Å². The van der Waals surface area contributed by atoms with Gasteiger partial charge in [0.05, 0.1) is 13.2 Å². The van der Waals surface area contributed by atoms with Crippen molar-refractivity contribution >= 4 is 11.8 Å². The number of aliphatic hydroxyl groups excluding tert-OH is 1. The first-order chi connectivity index (χ1) is 9.49. The van der Waals surface area contributed by atoms with Gasteiger partial charge in [0.2, 0.25) is 0 Å². The minimum absolute atomic E-state index is 0.233. The maximum atomic E-state index is 9.80. The average molecular weight is 297 g/mol. The summed E-state index contributed by atoms with van der Waals surface area (Å²) in [5.41, 5.74) is 1.21. The maximum absolute atomic E-state index is 9.80. The fourth-order valence-electron chi connectivity index (χ4n) is 2.02. The zero-order chi connectivity index (χ0) is 15.1. The first-order valence-electron chi connectivity index (χ1n) is 7.13. The van der Waals surface area contributed by atoms with Gasteiger partial charge < -0.3 is 15.2 Å². The van der Waals surface area contributed by atoms with Gasteiger partial charge in [-0.1, -0.05) is 19.9 Å². The molecule has 0 aliphatic heterocycles. The highest BCUT2D eigenvalue weighted by molar-refractivity contribution is 7.98. The number of thioether (sulfide) groups is 1. The fourth-order valence-corrected chi connectivity index (χ4v) is 2.57. The second-order valence-electron chi connectivity index (χ2n) is 5.39. The van der Waals surface area contributed by atoms with E-state index in [1.165, 1.54) is 5.56 Å². The Kier molecular flexibility index (Phi) is 7.41. The molecule has 0 aliphatic rings. The van der Waals surface area contributed by atoms with Crippen LogP contribution in [0.4, 0.5) is 0 Å². The molecular weight excluding hydrogens is 270 g/mol. The molecule has 20 heavy (non-hydrogen) atoms. The number of ether oxygens (including phenoxy) is 1. The van der Waals surface area contributed by atoms with Crippen molar-refractivity contribution in [3.05, 3.63) is 23.8 Å². The highest BCUT2D eigenvalue weighted by Crippen LogP contribution is 2.30. The lowest BCUT2D eigenvalue weighted by molar-refractivity contribution is 0.115. The molecule has 3 nitrogen and oxygen atoms in total. The highest BCUT2D eigenvalue weighted by atomic mass is 32.2. The average Bonchev–Trinajstić information content (AvgIpc) is 2.45. The Labute approximate surface area is 127 Å². The summed E-state index contributed by atoms with van der Waals surface area (Å²) in [5, 5.41) is 13.2. The number of hydrogen-bond donors (Lipinski definition) is 2. The van der Waals surface area contributed by atoms with Crippen molar-refractivity contribution in [2.24, 2.45) is 5.92 Å². The summed E-state index contributed by atoms with van der Waals surface area (Å²) >= 11 is 1.69. The zero-order valence-corrected chi connectivity index (χ0v) is 14.0. The summed E-state index contributed by atoms with van der Waals surface area (Å²) in [5.74, 6) is 1.24. The lowest BCUT2D eigenvalue weighted by atomic mass is 10.0. The van der Waals surface area contributed by atoms with E-state index in [4.69, 9.17) is 4.74 Å². The largest absolute Gasteiger partial charge is 0.496 e. The first-order valence-corrected chi connectivity index (χ1v) is 8.35. The molecule has 2 N–H and O–H groups in total. The minimum Gasteiger partial charge on any atom is -0.496 e. The van der Waals surface area contributed by atoms with E-state index in [-0.39, 0.29) is 12.1 Å². The Morgan fingerprint density at radius 1 is 1.30 bits per heavy atom. The van der Waals surface area contributed by atoms with E-state index in [2.05, 4.69) is 30.4 Å². The first kappa shape index (κ1) is 17.3. The van der Waals surface area contributed by atoms with Gasteiger partial charge in [0, 0.05) is 10.9 Å². The highest BCUT2D eigenvalue weighted by Gasteiger charge is 2.11. The molecule has 1 rings (SSSR count). The van der Waals surface area contributed by atoms with Crippen LogP contribution in [0, 0.1) is 5.92 Å². The molecule has 0 bridgehead atoms. The Bertz CT molecular complexity index is 409. The number of hydrogen-bond acceptors (Lipinski definition) is 4. The number of rotatable bonds is 8. The lowest BCUT2D eigenvalue weighted by Gasteiger charge is -2.19. The van der Waals surface area contributed by atoms with Crippen LogP contribution in [0.1, 0.15) is 38.8 Å². The predicted octanol–water partition coefficient (Wildman–Crippen LogP) is 3.47. The molecular formula is C16H27NO2S. The quantitative estimate of drug-likeness (QED) is 0.721. The summed E-state index contributed by atoms with van der Waals surface area (Å²) in [4.78, 5) is 1.15. The molecule has 2 unspecified atom stereocenters. The molecule has 114 valence electrons. The van der Waals surface area contributed by atoms with Crippen LogP contribution in [-0.4, -0.2) is 31.1 Å². The van der Waals surface area contributed by atoms with E-state index >= 15 is 0 Å². The number of benzene rings is 1. The summed E-state index contributed by atoms with van der Waals surface area (Å²) in [7, 11) is 1.70. The topological polar surface area (TPSA) is 41.5 Å². The van der Waals surface area contributed by atoms with E-state index in [1.807, 2.05) is 20.1 Å². The molecule has 0 radical (unpaired) electrons. The Hall–Kier alpha value is -0.710. The minimum atomic E-state index is -0.233. The third-order valence-electron chi connectivity index (χ3n) is 3.57. The summed E-state index contributed by atoms with van der Waals surface area (Å²) in [6.45, 7) is 7.03. The van der Waals surface area contributed by atoms with E-state index < -0.39 is 0 Å². The van der Waals surface area contributed by atoms with Crippen LogP contribution < -0.4 is 10.1 Å². The SMILES string of the molecule is COc1cc(C(C)NCCC(O)C(C)C)ccc1SC. The third kappa shape index (κ3) is 5.00. The Morgan fingerprint density at radius 2 is 2.00 bits per heavy atom. The fraction of sp³-hybridized carbons (Fsp3) is 0.625. The van der Waals surface area contributed by atoms with Crippen LogP contribution in [0.5, 0.6) is 5.75 Å². The summed E-state index contributed by atoms with van der Waals surface area (Å²) in [6.07, 6.45) is 2.59. The third-order valence-corrected chi connectivity index (χ3v) is 4.34. The maximum Gasteiger partial charge on any atom is 0.132 e. The molecule has 0 amide bonds. The zero-order valence-electron chi connectivity index (χ0n) is 13.1. The lowest BCUT2D eigenvalue weighted by Crippen LogP contribution is -2.25. The molecule has 2 atom stereocenters. The molecule has 0 aliphatic carbocycles. The molecule has 0 saturated carbocycles. The molecule has 0 fully saturated rings. The van der Waals surface area contributed by atoms with Gasteiger partial charge in [-0.15, -0.1) is 11.8 Å². The summed E-state index contributed by atoms with van der Waals surface area (Å²) in [6, 6.07) is 6.56. The molecule has 1 aromatic rings. The van der Waals surface area contributed by atoms with Crippen molar-refractivity contribution in [3.8, 4) is 5.75 Å². The van der Waals surface area contributed by atoms with Gasteiger partial charge in [-0.05, 0) is 49.8 Å². The molecule has 0 saturated heterocycles. The number of nitrogens with one attached hydrogen (secondary N) is 1. The smallest absolute Gasteiger partial charge is 0.132 e. The van der Waals surface area contributed by atoms with Crippen molar-refractivity contribution in [1.29, 1.82) is 0 Å². The molecule has 1 aromatic carbocycles. The monoisotopic (exact) mass is 297 g/mol. The van der Waals surface area contributed by atoms with Crippen LogP contribution in [0.2, 0.25) is 0 Å². The number of methoxy groups -OCH3 is 1. The second-order valence-corrected chi connectivity index (χ2v) is 6.24. The molecule has 0 heterocycles. The van der Waals surface area contributed by atoms with E-state index in [9.17, 15) is 5.11 Å². The van der Waals surface area contributed by atoms with Gasteiger partial charge in [0.15, 0.2) is 0 Å². The van der Waals surface area contributed by atoms with Crippen molar-refractivity contribution in [2.75, 3.05) is 19.9 Å². The standard InChI is InChI=1S/C16H27NO2S/c1-11(2)14(18)8-9-17-12(3)13-6-7-16(20-5)15(10-13)19-4/h6-7,10-12,14,17-18H,8-9H2,1-5H3. The molecule has 4 heteroatoms. The van der Waals surface area contributed by atoms with Gasteiger partial charge in [0.25, 0.3) is 0 Å². The van der Waals surface area contributed by atoms with Gasteiger partial charge in [0.1, 0.15) is 5.75 Å². The van der Waals surface area contributed by atoms with Crippen molar-refractivity contribution in [2.45, 2.75) is 44.2 Å². The second kappa shape index (κ2) is 8.55. The van der Waals surface area contributed by atoms with E-state index in [1.54, 1.807) is 18.9 Å². The Balaban J connectivity index is 2.57. The Morgan fingerprint density at radius 3 is 2.55 bits per heavy atom. The van der Waals surface area contributed by atoms with Gasteiger partial charge in [-0.25, -0.2) is 0 Å². The van der Waals surface area contributed by atoms with E-state index in [0.717, 1.165) is 23.6 Å². The summed E-state index contributed by atoms with van der Waals surface area (Å²) < 4.78 is 5.41. The van der Waals surface area contributed by atoms with Crippen LogP contribution in [0.25, 0.3) is 0 Å². The van der Waals surface area contributed by atoms with Crippen LogP contribution in [-0.2, 0) is 0 Å². The molecule has 0 spiro atoms. The van der Waals surface area contributed by atoms with Crippen molar-refractivity contribution in [1.82, 2.24) is 5.32 Å². The van der Waals surface area contributed by atoms with Crippen LogP contribution in [0.15, 0.2) is 23.1 Å². The normalized spacial score (nSPS) is 14.3. The van der Waals surface area contributed by atoms with Crippen molar-refractivity contribution < 1.29 is 9.84 Å².